The average Bonchev–Trinajstić information content (AvgIpc) is 2.79. The maximum Gasteiger partial charge on any atom is 0.410 e. The van der Waals surface area contributed by atoms with Crippen molar-refractivity contribution in [2.24, 2.45) is 0 Å². The Labute approximate surface area is 134 Å². The summed E-state index contributed by atoms with van der Waals surface area (Å²) in [6, 6.07) is 0. The van der Waals surface area contributed by atoms with Crippen LogP contribution in [-0.4, -0.2) is 45.1 Å². The van der Waals surface area contributed by atoms with Gasteiger partial charge in [-0.2, -0.15) is 5.10 Å². The number of rotatable bonds is 3. The monoisotopic (exact) mass is 328 g/mol. The molecule has 2 N–H and O–H groups in total. The van der Waals surface area contributed by atoms with Crippen LogP contribution < -0.4 is 5.32 Å². The van der Waals surface area contributed by atoms with Crippen LogP contribution in [0.25, 0.3) is 0 Å². The first kappa shape index (κ1) is 16.6. The van der Waals surface area contributed by atoms with Gasteiger partial charge in [-0.3, -0.25) is 9.89 Å². The summed E-state index contributed by atoms with van der Waals surface area (Å²) in [6.45, 7) is 6.40. The van der Waals surface area contributed by atoms with E-state index in [1.165, 1.54) is 0 Å². The van der Waals surface area contributed by atoms with Crippen LogP contribution in [0.4, 0.5) is 10.6 Å². The molecule has 1 aromatic heterocycles. The Balaban J connectivity index is 2.07. The van der Waals surface area contributed by atoms with Crippen molar-refractivity contribution in [2.45, 2.75) is 45.8 Å². The standard InChI is InChI=1S/C14H21ClN4O3/c1-14(2,3)22-13(21)19-7-5-10-9(8-19)12(18-17-10)16-11(20)4-6-15/h4-8H2,1-3H3,(H2,16,17,18,20). The quantitative estimate of drug-likeness (QED) is 0.833. The molecule has 0 radical (unpaired) electrons. The van der Waals surface area contributed by atoms with Crippen molar-refractivity contribution in [1.29, 1.82) is 0 Å². The molecule has 0 saturated heterocycles. The number of aromatic nitrogens is 2. The molecule has 0 bridgehead atoms. The lowest BCUT2D eigenvalue weighted by Gasteiger charge is -2.30. The molecule has 122 valence electrons. The molecule has 22 heavy (non-hydrogen) atoms. The highest BCUT2D eigenvalue weighted by molar-refractivity contribution is 6.19. The maximum atomic E-state index is 12.1. The fourth-order valence-corrected chi connectivity index (χ4v) is 2.33. The molecule has 0 aromatic carbocycles. The summed E-state index contributed by atoms with van der Waals surface area (Å²) in [7, 11) is 0. The summed E-state index contributed by atoms with van der Waals surface area (Å²) < 4.78 is 5.38. The molecule has 0 unspecified atom stereocenters. The number of alkyl halides is 1. The van der Waals surface area contributed by atoms with E-state index in [1.54, 1.807) is 4.90 Å². The number of ether oxygens (including phenoxy) is 1. The number of H-pyrrole nitrogens is 1. The van der Waals surface area contributed by atoms with Gasteiger partial charge in [-0.1, -0.05) is 0 Å². The first-order valence-corrected chi connectivity index (χ1v) is 7.73. The fraction of sp³-hybridized carbons (Fsp3) is 0.643. The van der Waals surface area contributed by atoms with Gasteiger partial charge in [0.1, 0.15) is 5.60 Å². The lowest BCUT2D eigenvalue weighted by molar-refractivity contribution is -0.115. The third-order valence-corrected chi connectivity index (χ3v) is 3.35. The highest BCUT2D eigenvalue weighted by Gasteiger charge is 2.28. The van der Waals surface area contributed by atoms with Gasteiger partial charge in [0, 0.05) is 36.5 Å². The van der Waals surface area contributed by atoms with E-state index in [2.05, 4.69) is 15.5 Å². The van der Waals surface area contributed by atoms with Crippen LogP contribution in [0.1, 0.15) is 38.4 Å². The van der Waals surface area contributed by atoms with Gasteiger partial charge in [0.05, 0.1) is 6.54 Å². The molecular weight excluding hydrogens is 308 g/mol. The molecule has 0 fully saturated rings. The van der Waals surface area contributed by atoms with E-state index in [-0.39, 0.29) is 24.3 Å². The molecule has 8 heteroatoms. The molecular formula is C14H21ClN4O3. The van der Waals surface area contributed by atoms with Crippen molar-refractivity contribution in [2.75, 3.05) is 17.7 Å². The van der Waals surface area contributed by atoms with Crippen LogP contribution in [-0.2, 0) is 22.5 Å². The molecule has 0 saturated carbocycles. The lowest BCUT2D eigenvalue weighted by Crippen LogP contribution is -2.40. The first-order valence-electron chi connectivity index (χ1n) is 7.20. The van der Waals surface area contributed by atoms with Gasteiger partial charge in [-0.15, -0.1) is 11.6 Å². The number of amides is 2. The topological polar surface area (TPSA) is 87.3 Å². The molecule has 0 aliphatic carbocycles. The number of nitrogens with zero attached hydrogens (tertiary/aromatic N) is 2. The van der Waals surface area contributed by atoms with Gasteiger partial charge in [-0.25, -0.2) is 4.79 Å². The first-order chi connectivity index (χ1) is 10.3. The van der Waals surface area contributed by atoms with Crippen molar-refractivity contribution in [3.8, 4) is 0 Å². The van der Waals surface area contributed by atoms with Crippen molar-refractivity contribution in [3.63, 3.8) is 0 Å². The minimum Gasteiger partial charge on any atom is -0.444 e. The van der Waals surface area contributed by atoms with Gasteiger partial charge in [-0.05, 0) is 20.8 Å². The van der Waals surface area contributed by atoms with E-state index < -0.39 is 5.60 Å². The summed E-state index contributed by atoms with van der Waals surface area (Å²) in [5.41, 5.74) is 1.21. The van der Waals surface area contributed by atoms with Crippen LogP contribution >= 0.6 is 11.6 Å². The number of anilines is 1. The summed E-state index contributed by atoms with van der Waals surface area (Å²) in [5, 5.41) is 9.73. The van der Waals surface area contributed by atoms with E-state index in [0.717, 1.165) is 11.3 Å². The minimum atomic E-state index is -0.537. The number of fused-ring (bicyclic) bond motifs is 1. The number of carbonyl (C=O) groups excluding carboxylic acids is 2. The molecule has 2 heterocycles. The Morgan fingerprint density at radius 2 is 2.18 bits per heavy atom. The normalized spacial score (nSPS) is 14.5. The number of carbonyl (C=O) groups is 2. The van der Waals surface area contributed by atoms with Gasteiger partial charge in [0.25, 0.3) is 0 Å². The lowest BCUT2D eigenvalue weighted by atomic mass is 10.1. The van der Waals surface area contributed by atoms with E-state index in [0.29, 0.717) is 25.3 Å². The summed E-state index contributed by atoms with van der Waals surface area (Å²) in [6.07, 6.45) is 0.503. The highest BCUT2D eigenvalue weighted by atomic mass is 35.5. The fourth-order valence-electron chi connectivity index (χ4n) is 2.16. The smallest absolute Gasteiger partial charge is 0.410 e. The van der Waals surface area contributed by atoms with Crippen LogP contribution in [0, 0.1) is 0 Å². The van der Waals surface area contributed by atoms with Crippen molar-refractivity contribution >= 4 is 29.4 Å². The second-order valence-electron chi connectivity index (χ2n) is 6.17. The van der Waals surface area contributed by atoms with Crippen LogP contribution in [0.2, 0.25) is 0 Å². The predicted octanol–water partition coefficient (Wildman–Crippen LogP) is 2.27. The number of aromatic amines is 1. The van der Waals surface area contributed by atoms with Crippen LogP contribution in [0.3, 0.4) is 0 Å². The number of hydrogen-bond acceptors (Lipinski definition) is 4. The number of nitrogens with one attached hydrogen (secondary N) is 2. The third-order valence-electron chi connectivity index (χ3n) is 3.16. The van der Waals surface area contributed by atoms with Crippen LogP contribution in [0.15, 0.2) is 0 Å². The SMILES string of the molecule is CC(C)(C)OC(=O)N1CCc2[nH]nc(NC(=O)CCCl)c2C1. The Bertz CT molecular complexity index is 565. The van der Waals surface area contributed by atoms with E-state index >= 15 is 0 Å². The Morgan fingerprint density at radius 3 is 2.82 bits per heavy atom. The Morgan fingerprint density at radius 1 is 1.45 bits per heavy atom. The average molecular weight is 329 g/mol. The number of halogens is 1. The summed E-state index contributed by atoms with van der Waals surface area (Å²) >= 11 is 5.55. The third kappa shape index (κ3) is 4.13. The zero-order valence-electron chi connectivity index (χ0n) is 13.0. The van der Waals surface area contributed by atoms with Gasteiger partial charge in [0.15, 0.2) is 5.82 Å². The second kappa shape index (κ2) is 6.56. The molecule has 0 atom stereocenters. The van der Waals surface area contributed by atoms with Crippen molar-refractivity contribution < 1.29 is 14.3 Å². The molecule has 2 amide bonds. The van der Waals surface area contributed by atoms with Gasteiger partial charge >= 0.3 is 6.09 Å². The van der Waals surface area contributed by atoms with Gasteiger partial charge < -0.3 is 15.0 Å². The zero-order valence-corrected chi connectivity index (χ0v) is 13.8. The second-order valence-corrected chi connectivity index (χ2v) is 6.55. The van der Waals surface area contributed by atoms with Crippen molar-refractivity contribution in [3.05, 3.63) is 11.3 Å². The predicted molar refractivity (Wildman–Crippen MR) is 82.9 cm³/mol. The highest BCUT2D eigenvalue weighted by Crippen LogP contribution is 2.25. The molecule has 1 aliphatic heterocycles. The van der Waals surface area contributed by atoms with Crippen LogP contribution in [0.5, 0.6) is 0 Å². The molecule has 2 rings (SSSR count). The Kier molecular flexibility index (Phi) is 4.95. The minimum absolute atomic E-state index is 0.196. The molecule has 0 spiro atoms. The molecule has 1 aliphatic rings. The zero-order chi connectivity index (χ0) is 16.3. The van der Waals surface area contributed by atoms with E-state index in [1.807, 2.05) is 20.8 Å². The summed E-state index contributed by atoms with van der Waals surface area (Å²) in [4.78, 5) is 25.4. The van der Waals surface area contributed by atoms with E-state index in [9.17, 15) is 9.59 Å². The molecule has 1 aromatic rings. The Hall–Kier alpha value is -1.76. The molecule has 7 nitrogen and oxygen atoms in total. The number of hydrogen-bond donors (Lipinski definition) is 2. The maximum absolute atomic E-state index is 12.1. The summed E-state index contributed by atoms with van der Waals surface area (Å²) in [5.74, 6) is 0.514. The largest absolute Gasteiger partial charge is 0.444 e. The van der Waals surface area contributed by atoms with E-state index in [4.69, 9.17) is 16.3 Å². The van der Waals surface area contributed by atoms with Crippen molar-refractivity contribution in [1.82, 2.24) is 15.1 Å². The van der Waals surface area contributed by atoms with Gasteiger partial charge in [0.2, 0.25) is 5.91 Å².